The summed E-state index contributed by atoms with van der Waals surface area (Å²) >= 11 is 0. The summed E-state index contributed by atoms with van der Waals surface area (Å²) in [4.78, 5) is 13.4. The molecule has 0 unspecified atom stereocenters. The first-order valence-electron chi connectivity index (χ1n) is 6.30. The second-order valence-corrected chi connectivity index (χ2v) is 4.53. The summed E-state index contributed by atoms with van der Waals surface area (Å²) in [6.07, 6.45) is 2.62. The molecular weight excluding hydrogens is 231 g/mol. The van der Waals surface area contributed by atoms with Crippen LogP contribution in [0.2, 0.25) is 0 Å². The van der Waals surface area contributed by atoms with E-state index in [0.29, 0.717) is 12.0 Å². The third-order valence-electron chi connectivity index (χ3n) is 2.93. The summed E-state index contributed by atoms with van der Waals surface area (Å²) in [5.74, 6) is -0.425. The van der Waals surface area contributed by atoms with E-state index in [1.807, 2.05) is 0 Å². The van der Waals surface area contributed by atoms with E-state index in [2.05, 4.69) is 6.92 Å². The van der Waals surface area contributed by atoms with Crippen molar-refractivity contribution in [2.24, 2.45) is 5.73 Å². The van der Waals surface area contributed by atoms with Crippen LogP contribution in [-0.4, -0.2) is 23.9 Å². The molecule has 100 valence electrons. The molecule has 0 aliphatic heterocycles. The van der Waals surface area contributed by atoms with Gasteiger partial charge in [0.1, 0.15) is 5.82 Å². The molecule has 0 aliphatic rings. The number of nitrogens with two attached hydrogens (primary N) is 1. The Morgan fingerprint density at radius 2 is 2.11 bits per heavy atom. The van der Waals surface area contributed by atoms with E-state index in [-0.39, 0.29) is 18.3 Å². The molecule has 0 fully saturated rings. The van der Waals surface area contributed by atoms with Crippen molar-refractivity contribution in [3.8, 4) is 0 Å². The highest BCUT2D eigenvalue weighted by atomic mass is 19.1. The van der Waals surface area contributed by atoms with E-state index in [9.17, 15) is 9.18 Å². The minimum atomic E-state index is -0.485. The number of carbonyl (C=O) groups is 1. The maximum atomic E-state index is 13.4. The maximum absolute atomic E-state index is 13.4. The first kappa shape index (κ1) is 14.6. The van der Waals surface area contributed by atoms with Crippen molar-refractivity contribution in [3.05, 3.63) is 35.6 Å². The first-order valence-corrected chi connectivity index (χ1v) is 6.30. The van der Waals surface area contributed by atoms with Gasteiger partial charge < -0.3 is 10.6 Å². The van der Waals surface area contributed by atoms with Crippen LogP contribution in [0.3, 0.4) is 0 Å². The van der Waals surface area contributed by atoms with Crippen LogP contribution in [0.1, 0.15) is 31.7 Å². The van der Waals surface area contributed by atoms with Crippen molar-refractivity contribution in [2.45, 2.75) is 38.8 Å². The third kappa shape index (κ3) is 4.11. The molecule has 0 spiro atoms. The molecule has 1 amide bonds. The van der Waals surface area contributed by atoms with E-state index >= 15 is 0 Å². The van der Waals surface area contributed by atoms with Crippen LogP contribution in [0.5, 0.6) is 0 Å². The minimum Gasteiger partial charge on any atom is -0.340 e. The Hall–Kier alpha value is -1.42. The Kier molecular flexibility index (Phi) is 5.78. The van der Waals surface area contributed by atoms with Crippen LogP contribution in [0.25, 0.3) is 0 Å². The standard InChI is InChI=1S/C14H21FN2O/c1-3-4-9-13(16)14(18)17(2)10-11-7-5-6-8-12(11)15/h5-8,13H,3-4,9-10,16H2,1-2H3/t13-/m0/s1. The Bertz CT molecular complexity index is 395. The summed E-state index contributed by atoms with van der Waals surface area (Å²) in [6.45, 7) is 2.31. The number of carbonyl (C=O) groups excluding carboxylic acids is 1. The number of likely N-dealkylation sites (N-methyl/N-ethyl adjacent to an activating group) is 1. The van der Waals surface area contributed by atoms with Crippen molar-refractivity contribution in [3.63, 3.8) is 0 Å². The predicted molar refractivity (Wildman–Crippen MR) is 70.4 cm³/mol. The molecule has 0 saturated carbocycles. The van der Waals surface area contributed by atoms with Crippen molar-refractivity contribution < 1.29 is 9.18 Å². The van der Waals surface area contributed by atoms with E-state index in [0.717, 1.165) is 12.8 Å². The predicted octanol–water partition coefficient (Wildman–Crippen LogP) is 2.30. The number of hydrogen-bond donors (Lipinski definition) is 1. The minimum absolute atomic E-state index is 0.133. The van der Waals surface area contributed by atoms with Gasteiger partial charge in [0.25, 0.3) is 0 Å². The van der Waals surface area contributed by atoms with E-state index < -0.39 is 6.04 Å². The fourth-order valence-corrected chi connectivity index (χ4v) is 1.79. The average molecular weight is 252 g/mol. The molecule has 0 heterocycles. The van der Waals surface area contributed by atoms with Gasteiger partial charge in [0.05, 0.1) is 6.04 Å². The van der Waals surface area contributed by atoms with Gasteiger partial charge in [0.15, 0.2) is 0 Å². The van der Waals surface area contributed by atoms with Gasteiger partial charge in [0.2, 0.25) is 5.91 Å². The number of halogens is 1. The van der Waals surface area contributed by atoms with Crippen LogP contribution < -0.4 is 5.73 Å². The lowest BCUT2D eigenvalue weighted by molar-refractivity contribution is -0.132. The van der Waals surface area contributed by atoms with Crippen LogP contribution in [0, 0.1) is 5.82 Å². The van der Waals surface area contributed by atoms with Crippen LogP contribution in [0.4, 0.5) is 4.39 Å². The Balaban J connectivity index is 2.57. The number of unbranched alkanes of at least 4 members (excludes halogenated alkanes) is 1. The molecule has 1 rings (SSSR count). The summed E-state index contributed by atoms with van der Waals surface area (Å²) in [5.41, 5.74) is 6.32. The average Bonchev–Trinajstić information content (AvgIpc) is 2.37. The van der Waals surface area contributed by atoms with Gasteiger partial charge in [-0.15, -0.1) is 0 Å². The third-order valence-corrected chi connectivity index (χ3v) is 2.93. The molecule has 0 bridgehead atoms. The molecule has 0 aromatic heterocycles. The maximum Gasteiger partial charge on any atom is 0.239 e. The zero-order valence-corrected chi connectivity index (χ0v) is 11.0. The topological polar surface area (TPSA) is 46.3 Å². The summed E-state index contributed by atoms with van der Waals surface area (Å²) in [7, 11) is 1.65. The number of hydrogen-bond acceptors (Lipinski definition) is 2. The van der Waals surface area contributed by atoms with Gasteiger partial charge in [-0.05, 0) is 12.5 Å². The number of rotatable bonds is 6. The lowest BCUT2D eigenvalue weighted by Gasteiger charge is -2.21. The molecule has 0 aliphatic carbocycles. The highest BCUT2D eigenvalue weighted by Gasteiger charge is 2.18. The zero-order valence-electron chi connectivity index (χ0n) is 11.0. The Morgan fingerprint density at radius 3 is 2.72 bits per heavy atom. The monoisotopic (exact) mass is 252 g/mol. The van der Waals surface area contributed by atoms with Crippen molar-refractivity contribution in [2.75, 3.05) is 7.05 Å². The molecule has 0 radical (unpaired) electrons. The van der Waals surface area contributed by atoms with E-state index in [1.54, 1.807) is 25.2 Å². The van der Waals surface area contributed by atoms with Crippen LogP contribution in [-0.2, 0) is 11.3 Å². The molecule has 1 atom stereocenters. The number of benzene rings is 1. The van der Waals surface area contributed by atoms with Gasteiger partial charge in [-0.25, -0.2) is 4.39 Å². The summed E-state index contributed by atoms with van der Waals surface area (Å²) in [6, 6.07) is 5.98. The Labute approximate surface area is 108 Å². The largest absolute Gasteiger partial charge is 0.340 e. The molecular formula is C14H21FN2O. The molecule has 0 saturated heterocycles. The molecule has 18 heavy (non-hydrogen) atoms. The van der Waals surface area contributed by atoms with E-state index in [4.69, 9.17) is 5.73 Å². The quantitative estimate of drug-likeness (QED) is 0.844. The number of nitrogens with zero attached hydrogens (tertiary/aromatic N) is 1. The molecule has 2 N–H and O–H groups in total. The molecule has 1 aromatic rings. The smallest absolute Gasteiger partial charge is 0.239 e. The zero-order chi connectivity index (χ0) is 13.5. The van der Waals surface area contributed by atoms with Crippen LogP contribution >= 0.6 is 0 Å². The van der Waals surface area contributed by atoms with Gasteiger partial charge in [-0.3, -0.25) is 4.79 Å². The molecule has 4 heteroatoms. The summed E-state index contributed by atoms with van der Waals surface area (Å²) < 4.78 is 13.4. The highest BCUT2D eigenvalue weighted by molar-refractivity contribution is 5.81. The fourth-order valence-electron chi connectivity index (χ4n) is 1.79. The lowest BCUT2D eigenvalue weighted by Crippen LogP contribution is -2.41. The lowest BCUT2D eigenvalue weighted by atomic mass is 10.1. The van der Waals surface area contributed by atoms with E-state index in [1.165, 1.54) is 11.0 Å². The van der Waals surface area contributed by atoms with Crippen molar-refractivity contribution >= 4 is 5.91 Å². The second-order valence-electron chi connectivity index (χ2n) is 4.53. The second kappa shape index (κ2) is 7.11. The van der Waals surface area contributed by atoms with Gasteiger partial charge in [-0.2, -0.15) is 0 Å². The SMILES string of the molecule is CCCC[C@H](N)C(=O)N(C)Cc1ccccc1F. The van der Waals surface area contributed by atoms with Gasteiger partial charge in [0, 0.05) is 19.2 Å². The van der Waals surface area contributed by atoms with Crippen LogP contribution in [0.15, 0.2) is 24.3 Å². The number of amides is 1. The first-order chi connectivity index (χ1) is 8.56. The molecule has 1 aromatic carbocycles. The van der Waals surface area contributed by atoms with Gasteiger partial charge in [-0.1, -0.05) is 38.0 Å². The normalized spacial score (nSPS) is 12.2. The fraction of sp³-hybridized carbons (Fsp3) is 0.500. The summed E-state index contributed by atoms with van der Waals surface area (Å²) in [5, 5.41) is 0. The molecule has 3 nitrogen and oxygen atoms in total. The van der Waals surface area contributed by atoms with Gasteiger partial charge >= 0.3 is 0 Å². The van der Waals surface area contributed by atoms with Crippen molar-refractivity contribution in [1.82, 2.24) is 4.90 Å². The van der Waals surface area contributed by atoms with Crippen molar-refractivity contribution in [1.29, 1.82) is 0 Å². The highest BCUT2D eigenvalue weighted by Crippen LogP contribution is 2.10. The Morgan fingerprint density at radius 1 is 1.44 bits per heavy atom.